The summed E-state index contributed by atoms with van der Waals surface area (Å²) in [4.78, 5) is 12.5. The molecular formula is C19H23N3O4S. The summed E-state index contributed by atoms with van der Waals surface area (Å²) >= 11 is 0. The second kappa shape index (κ2) is 8.62. The van der Waals surface area contributed by atoms with E-state index in [1.165, 1.54) is 16.4 Å². The number of morpholine rings is 1. The monoisotopic (exact) mass is 389 g/mol. The molecule has 2 aromatic carbocycles. The molecule has 0 saturated carbocycles. The number of nitrogens with zero attached hydrogens (tertiary/aromatic N) is 1. The Balaban J connectivity index is 1.69. The van der Waals surface area contributed by atoms with Crippen LogP contribution in [0.4, 0.5) is 5.69 Å². The molecule has 2 aromatic rings. The van der Waals surface area contributed by atoms with Gasteiger partial charge in [-0.1, -0.05) is 36.4 Å². The fourth-order valence-electron chi connectivity index (χ4n) is 2.87. The lowest BCUT2D eigenvalue weighted by atomic mass is 10.1. The van der Waals surface area contributed by atoms with E-state index >= 15 is 0 Å². The number of ether oxygens (including phenoxy) is 1. The molecule has 3 rings (SSSR count). The van der Waals surface area contributed by atoms with Crippen molar-refractivity contribution in [1.82, 2.24) is 4.31 Å². The Labute approximate surface area is 159 Å². The average molecular weight is 389 g/mol. The van der Waals surface area contributed by atoms with Crippen LogP contribution in [0, 0.1) is 0 Å². The van der Waals surface area contributed by atoms with Crippen molar-refractivity contribution in [3.05, 3.63) is 60.2 Å². The van der Waals surface area contributed by atoms with Crippen molar-refractivity contribution >= 4 is 21.6 Å². The van der Waals surface area contributed by atoms with Gasteiger partial charge in [0.2, 0.25) is 15.9 Å². The van der Waals surface area contributed by atoms with Crippen molar-refractivity contribution in [2.75, 3.05) is 31.6 Å². The van der Waals surface area contributed by atoms with Crippen LogP contribution in [-0.4, -0.2) is 51.0 Å². The molecule has 0 spiro atoms. The predicted octanol–water partition coefficient (Wildman–Crippen LogP) is 1.22. The number of rotatable bonds is 6. The number of hydrogen-bond donors (Lipinski definition) is 2. The van der Waals surface area contributed by atoms with Gasteiger partial charge in [-0.05, 0) is 30.2 Å². The maximum Gasteiger partial charge on any atom is 0.243 e. The zero-order valence-electron chi connectivity index (χ0n) is 14.9. The van der Waals surface area contributed by atoms with Gasteiger partial charge in [-0.15, -0.1) is 0 Å². The first kappa shape index (κ1) is 19.5. The Morgan fingerprint density at radius 3 is 2.52 bits per heavy atom. The first-order valence-electron chi connectivity index (χ1n) is 8.75. The quantitative estimate of drug-likeness (QED) is 0.773. The van der Waals surface area contributed by atoms with Crippen molar-refractivity contribution < 1.29 is 17.9 Å². The Hall–Kier alpha value is -2.26. The van der Waals surface area contributed by atoms with Gasteiger partial charge in [0.05, 0.1) is 24.2 Å². The van der Waals surface area contributed by atoms with Crippen LogP contribution in [0.1, 0.15) is 5.56 Å². The highest BCUT2D eigenvalue weighted by atomic mass is 32.2. The van der Waals surface area contributed by atoms with E-state index in [4.69, 9.17) is 10.5 Å². The summed E-state index contributed by atoms with van der Waals surface area (Å²) in [6, 6.07) is 15.0. The van der Waals surface area contributed by atoms with E-state index in [0.29, 0.717) is 38.4 Å². The molecule has 27 heavy (non-hydrogen) atoms. The fraction of sp³-hybridized carbons (Fsp3) is 0.316. The third kappa shape index (κ3) is 4.92. The number of sulfonamides is 1. The highest BCUT2D eigenvalue weighted by molar-refractivity contribution is 7.89. The van der Waals surface area contributed by atoms with Crippen LogP contribution in [0.3, 0.4) is 0 Å². The number of benzene rings is 2. The van der Waals surface area contributed by atoms with Gasteiger partial charge >= 0.3 is 0 Å². The normalized spacial score (nSPS) is 16.6. The molecule has 0 aromatic heterocycles. The first-order valence-corrected chi connectivity index (χ1v) is 10.2. The highest BCUT2D eigenvalue weighted by Crippen LogP contribution is 2.20. The van der Waals surface area contributed by atoms with E-state index in [2.05, 4.69) is 5.32 Å². The van der Waals surface area contributed by atoms with Gasteiger partial charge in [-0.2, -0.15) is 4.31 Å². The minimum absolute atomic E-state index is 0.138. The van der Waals surface area contributed by atoms with Crippen molar-refractivity contribution in [3.8, 4) is 0 Å². The summed E-state index contributed by atoms with van der Waals surface area (Å²) in [6.45, 7) is 1.40. The third-order valence-electron chi connectivity index (χ3n) is 4.34. The molecule has 0 unspecified atom stereocenters. The van der Waals surface area contributed by atoms with Crippen LogP contribution >= 0.6 is 0 Å². The minimum atomic E-state index is -3.62. The van der Waals surface area contributed by atoms with E-state index in [1.54, 1.807) is 12.1 Å². The van der Waals surface area contributed by atoms with Gasteiger partial charge in [0.25, 0.3) is 0 Å². The number of nitrogens with one attached hydrogen (secondary N) is 1. The number of amides is 1. The SMILES string of the molecule is N[C@@H](Cc1ccccc1)C(=O)Nc1cccc(S(=O)(=O)N2CCOCC2)c1. The molecule has 144 valence electrons. The summed E-state index contributed by atoms with van der Waals surface area (Å²) in [5.41, 5.74) is 7.35. The Morgan fingerprint density at radius 1 is 1.11 bits per heavy atom. The molecule has 1 aliphatic rings. The molecule has 1 saturated heterocycles. The number of hydrogen-bond acceptors (Lipinski definition) is 5. The summed E-state index contributed by atoms with van der Waals surface area (Å²) in [6.07, 6.45) is 0.401. The van der Waals surface area contributed by atoms with Crippen molar-refractivity contribution in [1.29, 1.82) is 0 Å². The predicted molar refractivity (Wildman–Crippen MR) is 103 cm³/mol. The van der Waals surface area contributed by atoms with Crippen LogP contribution < -0.4 is 11.1 Å². The summed E-state index contributed by atoms with van der Waals surface area (Å²) in [5, 5.41) is 2.71. The molecule has 7 nitrogen and oxygen atoms in total. The molecule has 0 aliphatic carbocycles. The third-order valence-corrected chi connectivity index (χ3v) is 6.24. The second-order valence-corrected chi connectivity index (χ2v) is 8.27. The van der Waals surface area contributed by atoms with Gasteiger partial charge in [-0.3, -0.25) is 4.79 Å². The van der Waals surface area contributed by atoms with Gasteiger partial charge in [0, 0.05) is 18.8 Å². The Kier molecular flexibility index (Phi) is 6.22. The number of nitrogens with two attached hydrogens (primary N) is 1. The molecule has 0 radical (unpaired) electrons. The Morgan fingerprint density at radius 2 is 1.81 bits per heavy atom. The molecule has 8 heteroatoms. The second-order valence-electron chi connectivity index (χ2n) is 6.33. The van der Waals surface area contributed by atoms with Gasteiger partial charge in [-0.25, -0.2) is 8.42 Å². The number of carbonyl (C=O) groups excluding carboxylic acids is 1. The maximum absolute atomic E-state index is 12.7. The number of anilines is 1. The van der Waals surface area contributed by atoms with Crippen molar-refractivity contribution in [2.45, 2.75) is 17.4 Å². The van der Waals surface area contributed by atoms with E-state index < -0.39 is 16.1 Å². The van der Waals surface area contributed by atoms with Crippen LogP contribution in [0.2, 0.25) is 0 Å². The summed E-state index contributed by atoms with van der Waals surface area (Å²) < 4.78 is 32.1. The zero-order chi connectivity index (χ0) is 19.3. The highest BCUT2D eigenvalue weighted by Gasteiger charge is 2.26. The molecule has 1 aliphatic heterocycles. The van der Waals surface area contributed by atoms with Crippen LogP contribution in [0.15, 0.2) is 59.5 Å². The minimum Gasteiger partial charge on any atom is -0.379 e. The van der Waals surface area contributed by atoms with Gasteiger partial charge < -0.3 is 15.8 Å². The van der Waals surface area contributed by atoms with E-state index in [1.807, 2.05) is 30.3 Å². The molecule has 1 heterocycles. The summed E-state index contributed by atoms with van der Waals surface area (Å²) in [5.74, 6) is -0.361. The Bertz CT molecular complexity index is 881. The van der Waals surface area contributed by atoms with E-state index in [9.17, 15) is 13.2 Å². The molecule has 1 atom stereocenters. The lowest BCUT2D eigenvalue weighted by Gasteiger charge is -2.26. The van der Waals surface area contributed by atoms with E-state index in [-0.39, 0.29) is 10.8 Å². The summed E-state index contributed by atoms with van der Waals surface area (Å²) in [7, 11) is -3.62. The molecule has 3 N–H and O–H groups in total. The fourth-order valence-corrected chi connectivity index (χ4v) is 4.32. The van der Waals surface area contributed by atoms with Crippen LogP contribution in [0.25, 0.3) is 0 Å². The lowest BCUT2D eigenvalue weighted by molar-refractivity contribution is -0.117. The van der Waals surface area contributed by atoms with Crippen molar-refractivity contribution in [2.24, 2.45) is 5.73 Å². The number of carbonyl (C=O) groups is 1. The van der Waals surface area contributed by atoms with Gasteiger partial charge in [0.15, 0.2) is 0 Å². The molecule has 0 bridgehead atoms. The molecular weight excluding hydrogens is 366 g/mol. The van der Waals surface area contributed by atoms with Gasteiger partial charge in [0.1, 0.15) is 0 Å². The van der Waals surface area contributed by atoms with Crippen molar-refractivity contribution in [3.63, 3.8) is 0 Å². The zero-order valence-corrected chi connectivity index (χ0v) is 15.7. The maximum atomic E-state index is 12.7. The topological polar surface area (TPSA) is 102 Å². The van der Waals surface area contributed by atoms with Crippen LogP contribution in [-0.2, 0) is 26.0 Å². The van der Waals surface area contributed by atoms with E-state index in [0.717, 1.165) is 5.56 Å². The smallest absolute Gasteiger partial charge is 0.243 e. The van der Waals surface area contributed by atoms with Crippen LogP contribution in [0.5, 0.6) is 0 Å². The molecule has 1 fully saturated rings. The standard InChI is InChI=1S/C19H23N3O4S/c20-18(13-15-5-2-1-3-6-15)19(23)21-16-7-4-8-17(14-16)27(24,25)22-9-11-26-12-10-22/h1-8,14,18H,9-13,20H2,(H,21,23)/t18-/m0/s1. The largest absolute Gasteiger partial charge is 0.379 e. The first-order chi connectivity index (χ1) is 13.0. The lowest BCUT2D eigenvalue weighted by Crippen LogP contribution is -2.40. The molecule has 1 amide bonds. The average Bonchev–Trinajstić information content (AvgIpc) is 2.69.